The molecule has 0 saturated carbocycles. The summed E-state index contributed by atoms with van der Waals surface area (Å²) in [6.45, 7) is 0. The van der Waals surface area contributed by atoms with Gasteiger partial charge in [0.15, 0.2) is 0 Å². The van der Waals surface area contributed by atoms with Gasteiger partial charge in [-0.1, -0.05) is 0 Å². The fraction of sp³-hybridized carbons (Fsp3) is 0.0769. The minimum Gasteiger partial charge on any atom is -0.478 e. The molecular formula is C13H11N3O3. The van der Waals surface area contributed by atoms with Gasteiger partial charge in [0.1, 0.15) is 6.33 Å². The summed E-state index contributed by atoms with van der Waals surface area (Å²) in [5.74, 6) is -1.26. The number of aromatic carboxylic acids is 1. The molecule has 0 aliphatic heterocycles. The molecule has 0 saturated heterocycles. The number of benzene rings is 1. The van der Waals surface area contributed by atoms with Crippen molar-refractivity contribution < 1.29 is 14.7 Å². The Morgan fingerprint density at radius 1 is 1.05 bits per heavy atom. The molecule has 0 fully saturated rings. The molecule has 19 heavy (non-hydrogen) atoms. The molecule has 1 amide bonds. The quantitative estimate of drug-likeness (QED) is 0.899. The maximum atomic E-state index is 12.1. The highest BCUT2D eigenvalue weighted by Crippen LogP contribution is 2.16. The first-order chi connectivity index (χ1) is 9.09. The van der Waals surface area contributed by atoms with E-state index in [0.717, 1.165) is 0 Å². The first-order valence-corrected chi connectivity index (χ1v) is 5.46. The number of aromatic nitrogens is 2. The lowest BCUT2D eigenvalue weighted by molar-refractivity contribution is 0.0696. The van der Waals surface area contributed by atoms with Crippen molar-refractivity contribution in [3.63, 3.8) is 0 Å². The van der Waals surface area contributed by atoms with Crippen molar-refractivity contribution >= 4 is 17.6 Å². The molecule has 0 unspecified atom stereocenters. The maximum absolute atomic E-state index is 12.1. The minimum absolute atomic E-state index is 0.174. The van der Waals surface area contributed by atoms with Crippen molar-refractivity contribution in [1.29, 1.82) is 0 Å². The van der Waals surface area contributed by atoms with Gasteiger partial charge in [-0.25, -0.2) is 14.8 Å². The monoisotopic (exact) mass is 257 g/mol. The molecule has 96 valence electrons. The van der Waals surface area contributed by atoms with Gasteiger partial charge >= 0.3 is 5.97 Å². The third-order valence-corrected chi connectivity index (χ3v) is 2.61. The Morgan fingerprint density at radius 2 is 1.63 bits per heavy atom. The van der Waals surface area contributed by atoms with Crippen molar-refractivity contribution in [1.82, 2.24) is 9.97 Å². The molecule has 0 radical (unpaired) electrons. The maximum Gasteiger partial charge on any atom is 0.335 e. The van der Waals surface area contributed by atoms with Crippen LogP contribution in [0.15, 0.2) is 43.0 Å². The van der Waals surface area contributed by atoms with Gasteiger partial charge in [0.05, 0.1) is 11.1 Å². The molecule has 0 atom stereocenters. The van der Waals surface area contributed by atoms with Gasteiger partial charge in [-0.15, -0.1) is 0 Å². The van der Waals surface area contributed by atoms with Crippen LogP contribution in [0.4, 0.5) is 5.69 Å². The number of amides is 1. The molecule has 2 rings (SSSR count). The summed E-state index contributed by atoms with van der Waals surface area (Å²) in [5, 5.41) is 8.80. The van der Waals surface area contributed by atoms with E-state index in [4.69, 9.17) is 5.11 Å². The fourth-order valence-corrected chi connectivity index (χ4v) is 1.55. The molecule has 6 heteroatoms. The zero-order valence-corrected chi connectivity index (χ0v) is 10.1. The van der Waals surface area contributed by atoms with Gasteiger partial charge in [-0.3, -0.25) is 4.79 Å². The molecule has 1 heterocycles. The minimum atomic E-state index is -1.00. The van der Waals surface area contributed by atoms with Crippen molar-refractivity contribution in [2.75, 3.05) is 11.9 Å². The predicted molar refractivity (Wildman–Crippen MR) is 68.2 cm³/mol. The second kappa shape index (κ2) is 5.26. The zero-order chi connectivity index (χ0) is 13.8. The molecule has 0 spiro atoms. The van der Waals surface area contributed by atoms with Crippen molar-refractivity contribution in [2.24, 2.45) is 0 Å². The molecule has 0 bridgehead atoms. The van der Waals surface area contributed by atoms with Gasteiger partial charge in [0.2, 0.25) is 0 Å². The molecule has 1 N–H and O–H groups in total. The van der Waals surface area contributed by atoms with Crippen LogP contribution in [-0.2, 0) is 0 Å². The smallest absolute Gasteiger partial charge is 0.335 e. The van der Waals surface area contributed by atoms with Crippen LogP contribution in [0, 0.1) is 0 Å². The van der Waals surface area contributed by atoms with Crippen LogP contribution >= 0.6 is 0 Å². The first kappa shape index (κ1) is 12.7. The summed E-state index contributed by atoms with van der Waals surface area (Å²) in [7, 11) is 1.60. The standard InChI is InChI=1S/C13H11N3O3/c1-16(12(17)10-6-14-8-15-7-10)11-4-2-9(3-5-11)13(18)19/h2-8H,1H3,(H,18,19). The number of carbonyl (C=O) groups is 2. The molecule has 1 aromatic carbocycles. The van der Waals surface area contributed by atoms with E-state index in [1.165, 1.54) is 35.8 Å². The number of rotatable bonds is 3. The van der Waals surface area contributed by atoms with Gasteiger partial charge in [-0.2, -0.15) is 0 Å². The summed E-state index contributed by atoms with van der Waals surface area (Å²) in [6.07, 6.45) is 4.20. The van der Waals surface area contributed by atoms with Gasteiger partial charge in [0, 0.05) is 25.1 Å². The number of anilines is 1. The molecule has 6 nitrogen and oxygen atoms in total. The van der Waals surface area contributed by atoms with Crippen LogP contribution in [0.25, 0.3) is 0 Å². The second-order valence-electron chi connectivity index (χ2n) is 3.84. The van der Waals surface area contributed by atoms with E-state index in [-0.39, 0.29) is 11.5 Å². The Labute approximate surface area is 109 Å². The summed E-state index contributed by atoms with van der Waals surface area (Å²) in [4.78, 5) is 31.8. The zero-order valence-electron chi connectivity index (χ0n) is 10.1. The summed E-state index contributed by atoms with van der Waals surface area (Å²) < 4.78 is 0. The van der Waals surface area contributed by atoms with Crippen LogP contribution in [-0.4, -0.2) is 34.0 Å². The number of carboxylic acids is 1. The van der Waals surface area contributed by atoms with Crippen LogP contribution in [0.1, 0.15) is 20.7 Å². The van der Waals surface area contributed by atoms with E-state index in [1.54, 1.807) is 19.2 Å². The predicted octanol–water partition coefficient (Wildman–Crippen LogP) is 1.45. The van der Waals surface area contributed by atoms with Crippen LogP contribution in [0.5, 0.6) is 0 Å². The van der Waals surface area contributed by atoms with E-state index in [2.05, 4.69) is 9.97 Å². The third kappa shape index (κ3) is 2.74. The summed E-state index contributed by atoms with van der Waals surface area (Å²) in [5.41, 5.74) is 1.14. The number of hydrogen-bond acceptors (Lipinski definition) is 4. The van der Waals surface area contributed by atoms with Crippen molar-refractivity contribution in [3.05, 3.63) is 54.1 Å². The Hall–Kier alpha value is -2.76. The average molecular weight is 257 g/mol. The highest BCUT2D eigenvalue weighted by molar-refractivity contribution is 6.05. The van der Waals surface area contributed by atoms with E-state index in [1.807, 2.05) is 0 Å². The lowest BCUT2D eigenvalue weighted by atomic mass is 10.2. The molecule has 0 aliphatic carbocycles. The Bertz CT molecular complexity index is 596. The van der Waals surface area contributed by atoms with Gasteiger partial charge in [0.25, 0.3) is 5.91 Å². The fourth-order valence-electron chi connectivity index (χ4n) is 1.55. The van der Waals surface area contributed by atoms with Crippen LogP contribution in [0.2, 0.25) is 0 Å². The van der Waals surface area contributed by atoms with E-state index in [9.17, 15) is 9.59 Å². The highest BCUT2D eigenvalue weighted by Gasteiger charge is 2.14. The number of hydrogen-bond donors (Lipinski definition) is 1. The van der Waals surface area contributed by atoms with E-state index >= 15 is 0 Å². The third-order valence-electron chi connectivity index (χ3n) is 2.61. The molecular weight excluding hydrogens is 246 g/mol. The Balaban J connectivity index is 2.22. The van der Waals surface area contributed by atoms with Crippen molar-refractivity contribution in [2.45, 2.75) is 0 Å². The first-order valence-electron chi connectivity index (χ1n) is 5.46. The summed E-state index contributed by atoms with van der Waals surface area (Å²) in [6, 6.07) is 6.04. The Kier molecular flexibility index (Phi) is 3.51. The lowest BCUT2D eigenvalue weighted by Gasteiger charge is -2.17. The van der Waals surface area contributed by atoms with Crippen molar-refractivity contribution in [3.8, 4) is 0 Å². The Morgan fingerprint density at radius 3 is 2.16 bits per heavy atom. The summed E-state index contributed by atoms with van der Waals surface area (Å²) >= 11 is 0. The number of carbonyl (C=O) groups excluding carboxylic acids is 1. The molecule has 1 aromatic heterocycles. The van der Waals surface area contributed by atoms with Gasteiger partial charge in [-0.05, 0) is 24.3 Å². The largest absolute Gasteiger partial charge is 0.478 e. The topological polar surface area (TPSA) is 83.4 Å². The molecule has 2 aromatic rings. The SMILES string of the molecule is CN(C(=O)c1cncnc1)c1ccc(C(=O)O)cc1. The average Bonchev–Trinajstić information content (AvgIpc) is 2.46. The number of nitrogens with zero attached hydrogens (tertiary/aromatic N) is 3. The van der Waals surface area contributed by atoms with Crippen LogP contribution < -0.4 is 4.90 Å². The highest BCUT2D eigenvalue weighted by atomic mass is 16.4. The van der Waals surface area contributed by atoms with E-state index in [0.29, 0.717) is 11.3 Å². The van der Waals surface area contributed by atoms with Gasteiger partial charge < -0.3 is 10.0 Å². The lowest BCUT2D eigenvalue weighted by Crippen LogP contribution is -2.26. The number of carboxylic acid groups (broad SMARTS) is 1. The van der Waals surface area contributed by atoms with Crippen LogP contribution in [0.3, 0.4) is 0 Å². The van der Waals surface area contributed by atoms with E-state index < -0.39 is 5.97 Å². The second-order valence-corrected chi connectivity index (χ2v) is 3.84. The molecule has 0 aliphatic rings. The normalized spacial score (nSPS) is 9.95.